The molecule has 0 aromatic heterocycles. The van der Waals surface area contributed by atoms with Crippen LogP contribution < -0.4 is 0 Å². The normalized spacial score (nSPS) is 40.3. The SMILES string of the molecule is CCC(C)(C)C(=O)OC(C)(C)C12CC3CC(CC(O)(C3)C1)C2.CCC(C)(C)C(=O)OC(C)(C)C1CCC(C)CC1.CCC(C)(C)C(=O)OC1(C)C2CC3CC(C2)CC1C3.CCC(C)(C)C(=O)OC12CC3CC(O)(CC(O)(C3)C1)C2.CCC(C)(C)C(=O)OC12CC3CC(O)(CC(O)(C3)C1)C2.CCC(C)(C)C(=O)OC1COC(=O)C1.CCC(C)C(=O)OC12CC3CC(CC(O)(C3)C1)C2.CCC(C)C(=O)OC1C2CC3C(=O)OC1C3O2. The van der Waals surface area contributed by atoms with Gasteiger partial charge >= 0.3 is 59.7 Å². The standard InChI is InChI=1S/C19H32O3.C17H28O2.2C16H26O4.C16H30O2.C15H24O3.C12H16O5.C10H16O4/c1-6-16(2,3)15(20)22-17(4,5)18-8-13-7-14(9-18)11-19(21,10-13)12-18;1-5-16(2,3)15(18)19-17(4)13-7-11-6-12(9-13)10-14(17)8-11;2*1-4-13(2,3)12(17)20-16-7-11-5-14(18,9-16)8-15(19,6-11)10-16;1-7-15(3,4)14(17)18-16(5,6)13-10-8-12(2)9-11-13;1-3-10(2)13(16)18-15-7-11-4-12(8-15)6-14(17,5-11)9-15;1-3-5(2)11(13)16-9-7-4-6-8(15-7)10(9)17-12(6)14;1-4-10(2,3)9(12)14-7-5-8(11)13-6-7/h13-14,21H,6-12H2,1-5H3;11-14H,5-10H2,1-4H3;2*11,18-19H,4-10H2,1-3H3;12-13H,7-11H2,1-6H3;10-12,17H,3-9H2,1-2H3;5-10H,3-4H2,1-2H3;7H,4-6H2,1-3H3. The Kier molecular flexibility index (Phi) is 35.0. The van der Waals surface area contributed by atoms with Crippen LogP contribution in [0.4, 0.5) is 0 Å². The molecular weight excluding hydrogens is 1890 g/mol. The second kappa shape index (κ2) is 43.4. The van der Waals surface area contributed by atoms with Crippen LogP contribution in [0.2, 0.25) is 0 Å². The molecule has 25 aliphatic rings. The Morgan fingerprint density at radius 1 is 0.378 bits per heavy atom. The third-order valence-corrected chi connectivity index (χ3v) is 41.7. The van der Waals surface area contributed by atoms with Crippen molar-refractivity contribution < 1.29 is 131 Å². The lowest BCUT2D eigenvalue weighted by Crippen LogP contribution is -2.67. The van der Waals surface area contributed by atoms with Gasteiger partial charge in [0.05, 0.1) is 96.4 Å². The summed E-state index contributed by atoms with van der Waals surface area (Å²) in [5, 5.41) is 64.1. The van der Waals surface area contributed by atoms with E-state index in [1.54, 1.807) is 0 Å². The van der Waals surface area contributed by atoms with Crippen LogP contribution in [0.25, 0.3) is 0 Å². The van der Waals surface area contributed by atoms with Crippen molar-refractivity contribution in [3.05, 3.63) is 0 Å². The maximum absolute atomic E-state index is 12.6. The average molecular weight is 2080 g/mol. The van der Waals surface area contributed by atoms with Gasteiger partial charge in [-0.15, -0.1) is 0 Å². The molecule has 6 N–H and O–H groups in total. The molecule has 27 heteroatoms. The van der Waals surface area contributed by atoms with E-state index in [2.05, 4.69) is 48.5 Å². The van der Waals surface area contributed by atoms with Gasteiger partial charge in [0.2, 0.25) is 0 Å². The Balaban J connectivity index is 0.000000142. The third kappa shape index (κ3) is 26.3. The van der Waals surface area contributed by atoms with Crippen LogP contribution in [0, 0.1) is 127 Å². The van der Waals surface area contributed by atoms with Crippen LogP contribution in [-0.4, -0.2) is 195 Å². The molecule has 4 aliphatic heterocycles. The number of aliphatic hydroxyl groups is 6. The van der Waals surface area contributed by atoms with Crippen molar-refractivity contribution in [2.75, 3.05) is 6.61 Å². The third-order valence-electron chi connectivity index (χ3n) is 41.7. The van der Waals surface area contributed by atoms with Crippen molar-refractivity contribution in [3.63, 3.8) is 0 Å². The van der Waals surface area contributed by atoms with Crippen LogP contribution in [0.15, 0.2) is 0 Å². The van der Waals surface area contributed by atoms with Crippen LogP contribution >= 0.6 is 0 Å². The van der Waals surface area contributed by atoms with Gasteiger partial charge in [-0.2, -0.15) is 0 Å². The Hall–Kier alpha value is -5.58. The number of fused-ring (bicyclic) bond motifs is 1. The first-order chi connectivity index (χ1) is 68.2. The van der Waals surface area contributed by atoms with Gasteiger partial charge in [0.1, 0.15) is 52.4 Å². The van der Waals surface area contributed by atoms with Crippen molar-refractivity contribution in [1.29, 1.82) is 0 Å². The van der Waals surface area contributed by atoms with Crippen molar-refractivity contribution in [1.82, 2.24) is 0 Å². The number of esters is 10. The summed E-state index contributed by atoms with van der Waals surface area (Å²) in [6, 6.07) is 0. The summed E-state index contributed by atoms with van der Waals surface area (Å²) in [7, 11) is 0. The second-order valence-electron chi connectivity index (χ2n) is 57.8. The van der Waals surface area contributed by atoms with E-state index in [1.807, 2.05) is 145 Å². The molecule has 0 radical (unpaired) electrons. The lowest BCUT2D eigenvalue weighted by atomic mass is 9.44. The zero-order valence-electron chi connectivity index (χ0n) is 96.4. The monoisotopic (exact) mass is 2080 g/mol. The summed E-state index contributed by atoms with van der Waals surface area (Å²) >= 11 is 0. The number of hydrogen-bond donors (Lipinski definition) is 6. The van der Waals surface area contributed by atoms with Crippen LogP contribution in [0.5, 0.6) is 0 Å². The van der Waals surface area contributed by atoms with Crippen molar-refractivity contribution in [2.24, 2.45) is 127 Å². The first kappa shape index (κ1) is 119. The van der Waals surface area contributed by atoms with E-state index in [9.17, 15) is 78.6 Å². The highest BCUT2D eigenvalue weighted by atomic mass is 16.7. The predicted octanol–water partition coefficient (Wildman–Crippen LogP) is 21.8. The van der Waals surface area contributed by atoms with Gasteiger partial charge in [-0.05, 0) is 401 Å². The van der Waals surface area contributed by atoms with Gasteiger partial charge in [-0.1, -0.05) is 89.0 Å². The number of ether oxygens (including phenoxy) is 11. The molecule has 21 saturated carbocycles. The smallest absolute Gasteiger partial charge is 0.312 e. The Morgan fingerprint density at radius 2 is 0.743 bits per heavy atom. The molecule has 21 aliphatic carbocycles. The zero-order valence-corrected chi connectivity index (χ0v) is 96.4. The fraction of sp³-hybridized carbons (Fsp3) is 0.917. The maximum atomic E-state index is 12.6. The number of hydrogen-bond acceptors (Lipinski definition) is 27. The summed E-state index contributed by atoms with van der Waals surface area (Å²) in [4.78, 5) is 120. The highest BCUT2D eigenvalue weighted by molar-refractivity contribution is 5.81. The lowest BCUT2D eigenvalue weighted by molar-refractivity contribution is -0.265. The van der Waals surface area contributed by atoms with Gasteiger partial charge in [-0.25, -0.2) is 0 Å². The Bertz CT molecular complexity index is 4550. The zero-order chi connectivity index (χ0) is 110. The molecule has 0 aromatic rings. The number of carbonyl (C=O) groups excluding carboxylic acids is 10. The molecule has 4 heterocycles. The molecule has 0 aromatic carbocycles. The van der Waals surface area contributed by atoms with E-state index in [4.69, 9.17) is 52.1 Å². The first-order valence-electron chi connectivity index (χ1n) is 58.4. The van der Waals surface area contributed by atoms with Gasteiger partial charge in [0.25, 0.3) is 0 Å². The number of carbonyl (C=O) groups is 10. The fourth-order valence-electron chi connectivity index (χ4n) is 31.1. The van der Waals surface area contributed by atoms with Gasteiger partial charge in [0, 0.05) is 50.4 Å². The van der Waals surface area contributed by atoms with E-state index in [0.717, 1.165) is 159 Å². The quantitative estimate of drug-likeness (QED) is 0.0346. The fourth-order valence-corrected chi connectivity index (χ4v) is 31.1. The van der Waals surface area contributed by atoms with E-state index in [0.29, 0.717) is 99.2 Å². The van der Waals surface area contributed by atoms with E-state index >= 15 is 0 Å². The Labute approximate surface area is 886 Å². The minimum absolute atomic E-state index is 0.0185. The molecule has 22 bridgehead atoms. The van der Waals surface area contributed by atoms with Gasteiger partial charge in [0.15, 0.2) is 12.2 Å². The highest BCUT2D eigenvalue weighted by Gasteiger charge is 2.71. The van der Waals surface area contributed by atoms with Crippen molar-refractivity contribution >= 4 is 59.7 Å². The molecule has 16 unspecified atom stereocenters. The summed E-state index contributed by atoms with van der Waals surface area (Å²) in [6.45, 7) is 55.9. The number of rotatable bonds is 26. The molecule has 0 amide bonds. The van der Waals surface area contributed by atoms with Crippen LogP contribution in [-0.2, 0) is 100 Å². The van der Waals surface area contributed by atoms with Gasteiger partial charge in [-0.3, -0.25) is 47.9 Å². The first-order valence-corrected chi connectivity index (χ1v) is 58.4. The van der Waals surface area contributed by atoms with Crippen molar-refractivity contribution in [2.45, 2.75) is 568 Å². The summed E-state index contributed by atoms with van der Waals surface area (Å²) < 4.78 is 61.8. The Morgan fingerprint density at radius 3 is 1.14 bits per heavy atom. The molecule has 148 heavy (non-hydrogen) atoms. The topological polar surface area (TPSA) is 394 Å². The molecule has 4 saturated heterocycles. The summed E-state index contributed by atoms with van der Waals surface area (Å²) in [5.41, 5.74) is -9.69. The van der Waals surface area contributed by atoms with Crippen molar-refractivity contribution in [3.8, 4) is 0 Å². The maximum Gasteiger partial charge on any atom is 0.312 e. The number of cyclic esters (lactones) is 1. The molecular formula is C121H198O27. The van der Waals surface area contributed by atoms with Crippen LogP contribution in [0.1, 0.15) is 470 Å². The average Bonchev–Trinajstić information content (AvgIpc) is 1.74. The molecule has 25 rings (SSSR count). The largest absolute Gasteiger partial charge is 0.462 e. The second-order valence-corrected chi connectivity index (χ2v) is 57.8. The van der Waals surface area contributed by atoms with E-state index in [-0.39, 0.29) is 160 Å². The molecule has 27 nitrogen and oxygen atoms in total. The summed E-state index contributed by atoms with van der Waals surface area (Å²) in [6.07, 6.45) is 36.3. The minimum Gasteiger partial charge on any atom is -0.462 e. The van der Waals surface area contributed by atoms with E-state index in [1.165, 1.54) is 70.6 Å². The molecule has 25 fully saturated rings. The molecule has 844 valence electrons. The molecule has 0 spiro atoms. The van der Waals surface area contributed by atoms with Crippen LogP contribution in [0.3, 0.4) is 0 Å². The lowest BCUT2D eigenvalue weighted by Gasteiger charge is -2.64. The molecule has 16 atom stereocenters. The van der Waals surface area contributed by atoms with Gasteiger partial charge < -0.3 is 82.7 Å². The predicted molar refractivity (Wildman–Crippen MR) is 559 cm³/mol. The van der Waals surface area contributed by atoms with E-state index < -0.39 is 78.2 Å². The summed E-state index contributed by atoms with van der Waals surface area (Å²) in [5.74, 6) is 5.52. The minimum atomic E-state index is -0.842. The highest BCUT2D eigenvalue weighted by Crippen LogP contribution is 2.69.